The number of hydrogen-bond acceptors (Lipinski definition) is 2. The highest BCUT2D eigenvalue weighted by atomic mass is 19.1. The second-order valence-electron chi connectivity index (χ2n) is 5.46. The summed E-state index contributed by atoms with van der Waals surface area (Å²) >= 11 is 0. The molecule has 1 amide bonds. The van der Waals surface area contributed by atoms with Crippen LogP contribution in [0.4, 0.5) is 10.1 Å². The van der Waals surface area contributed by atoms with Crippen LogP contribution in [0.5, 0.6) is 0 Å². The van der Waals surface area contributed by atoms with Crippen molar-refractivity contribution in [1.29, 1.82) is 0 Å². The molecule has 3 rings (SSSR count). The maximum Gasteiger partial charge on any atom is 0.230 e. The summed E-state index contributed by atoms with van der Waals surface area (Å²) in [5, 5.41) is 4.15. The van der Waals surface area contributed by atoms with E-state index < -0.39 is 0 Å². The van der Waals surface area contributed by atoms with Gasteiger partial charge in [-0.25, -0.2) is 4.39 Å². The molecule has 5 heteroatoms. The van der Waals surface area contributed by atoms with Gasteiger partial charge in [0.1, 0.15) is 5.82 Å². The van der Waals surface area contributed by atoms with E-state index in [9.17, 15) is 9.18 Å². The first-order valence-electron chi connectivity index (χ1n) is 7.15. The third-order valence-corrected chi connectivity index (χ3v) is 3.96. The summed E-state index contributed by atoms with van der Waals surface area (Å²) in [5.41, 5.74) is 1.73. The van der Waals surface area contributed by atoms with Crippen molar-refractivity contribution in [3.63, 3.8) is 0 Å². The van der Waals surface area contributed by atoms with Crippen LogP contribution in [0.15, 0.2) is 36.7 Å². The van der Waals surface area contributed by atoms with Gasteiger partial charge in [0.15, 0.2) is 0 Å². The highest BCUT2D eigenvalue weighted by molar-refractivity contribution is 5.97. The molecule has 0 N–H and O–H groups in total. The van der Waals surface area contributed by atoms with Crippen molar-refractivity contribution >= 4 is 11.6 Å². The summed E-state index contributed by atoms with van der Waals surface area (Å²) in [4.78, 5) is 14.3. The Bertz CT molecular complexity index is 667. The number of aromatic nitrogens is 2. The molecule has 21 heavy (non-hydrogen) atoms. The maximum atomic E-state index is 13.3. The topological polar surface area (TPSA) is 38.1 Å². The lowest BCUT2D eigenvalue weighted by Crippen LogP contribution is -2.32. The van der Waals surface area contributed by atoms with Crippen LogP contribution >= 0.6 is 0 Å². The number of carbonyl (C=O) groups excluding carboxylic acids is 1. The molecule has 1 aromatic heterocycles. The smallest absolute Gasteiger partial charge is 0.230 e. The van der Waals surface area contributed by atoms with Crippen molar-refractivity contribution in [2.75, 3.05) is 11.4 Å². The summed E-state index contributed by atoms with van der Waals surface area (Å²) in [7, 11) is 1.87. The van der Waals surface area contributed by atoms with Crippen LogP contribution in [0.1, 0.15) is 24.8 Å². The van der Waals surface area contributed by atoms with Gasteiger partial charge in [-0.2, -0.15) is 5.10 Å². The van der Waals surface area contributed by atoms with Gasteiger partial charge in [0, 0.05) is 31.4 Å². The number of hydrogen-bond donors (Lipinski definition) is 0. The Balaban J connectivity index is 1.75. The lowest BCUT2D eigenvalue weighted by Gasteiger charge is -2.21. The van der Waals surface area contributed by atoms with Gasteiger partial charge in [-0.1, -0.05) is 6.07 Å². The van der Waals surface area contributed by atoms with Gasteiger partial charge < -0.3 is 4.90 Å². The SMILES string of the molecule is CCN(C(=O)[C@@H]1C[C@H]1c1cnn(C)c1)c1cccc(F)c1. The molecule has 110 valence electrons. The van der Waals surface area contributed by atoms with Gasteiger partial charge in [0.25, 0.3) is 0 Å². The molecule has 0 bridgehead atoms. The molecule has 4 nitrogen and oxygen atoms in total. The molecule has 0 spiro atoms. The van der Waals surface area contributed by atoms with Gasteiger partial charge in [-0.3, -0.25) is 9.48 Å². The Morgan fingerprint density at radius 2 is 2.33 bits per heavy atom. The van der Waals surface area contributed by atoms with E-state index in [4.69, 9.17) is 0 Å². The largest absolute Gasteiger partial charge is 0.312 e. The molecular weight excluding hydrogens is 269 g/mol. The molecule has 0 radical (unpaired) electrons. The minimum atomic E-state index is -0.321. The molecule has 0 unspecified atom stereocenters. The number of rotatable bonds is 4. The minimum absolute atomic E-state index is 0.0163. The zero-order valence-electron chi connectivity index (χ0n) is 12.2. The fourth-order valence-electron chi connectivity index (χ4n) is 2.78. The third kappa shape index (κ3) is 2.68. The van der Waals surface area contributed by atoms with Crippen molar-refractivity contribution < 1.29 is 9.18 Å². The maximum absolute atomic E-state index is 13.3. The number of aryl methyl sites for hydroxylation is 1. The summed E-state index contributed by atoms with van der Waals surface area (Å²) in [5.74, 6) is -0.0264. The van der Waals surface area contributed by atoms with Crippen molar-refractivity contribution in [2.24, 2.45) is 13.0 Å². The molecule has 1 saturated carbocycles. The highest BCUT2D eigenvalue weighted by Gasteiger charge is 2.46. The normalized spacial score (nSPS) is 20.3. The van der Waals surface area contributed by atoms with Gasteiger partial charge in [0.05, 0.1) is 6.20 Å². The molecule has 1 aliphatic rings. The quantitative estimate of drug-likeness (QED) is 0.867. The van der Waals surface area contributed by atoms with Crippen LogP contribution in [0.25, 0.3) is 0 Å². The van der Waals surface area contributed by atoms with E-state index in [0.29, 0.717) is 12.2 Å². The molecular formula is C16H18FN3O. The minimum Gasteiger partial charge on any atom is -0.312 e. The predicted molar refractivity (Wildman–Crippen MR) is 78.5 cm³/mol. The second-order valence-corrected chi connectivity index (χ2v) is 5.46. The lowest BCUT2D eigenvalue weighted by molar-refractivity contribution is -0.119. The third-order valence-electron chi connectivity index (χ3n) is 3.96. The first-order chi connectivity index (χ1) is 10.1. The molecule has 1 heterocycles. The average Bonchev–Trinajstić information content (AvgIpc) is 3.15. The van der Waals surface area contributed by atoms with Crippen LogP contribution in [0.3, 0.4) is 0 Å². The van der Waals surface area contributed by atoms with Crippen molar-refractivity contribution in [3.05, 3.63) is 48.0 Å². The van der Waals surface area contributed by atoms with Crippen LogP contribution < -0.4 is 4.90 Å². The number of nitrogens with zero attached hydrogens (tertiary/aromatic N) is 3. The Kier molecular flexibility index (Phi) is 3.49. The summed E-state index contributed by atoms with van der Waals surface area (Å²) < 4.78 is 15.1. The Morgan fingerprint density at radius 3 is 2.95 bits per heavy atom. The molecule has 1 aliphatic carbocycles. The van der Waals surface area contributed by atoms with Crippen LogP contribution in [0.2, 0.25) is 0 Å². The van der Waals surface area contributed by atoms with Crippen molar-refractivity contribution in [2.45, 2.75) is 19.3 Å². The Morgan fingerprint density at radius 1 is 1.52 bits per heavy atom. The van der Waals surface area contributed by atoms with E-state index >= 15 is 0 Å². The second kappa shape index (κ2) is 5.31. The first-order valence-corrected chi connectivity index (χ1v) is 7.15. The van der Waals surface area contributed by atoms with Crippen molar-refractivity contribution in [3.8, 4) is 0 Å². The van der Waals surface area contributed by atoms with Gasteiger partial charge in [-0.15, -0.1) is 0 Å². The van der Waals surface area contributed by atoms with E-state index in [1.165, 1.54) is 12.1 Å². The molecule has 2 atom stereocenters. The summed E-state index contributed by atoms with van der Waals surface area (Å²) in [6, 6.07) is 6.19. The van der Waals surface area contributed by atoms with Gasteiger partial charge >= 0.3 is 0 Å². The van der Waals surface area contributed by atoms with Crippen molar-refractivity contribution in [1.82, 2.24) is 9.78 Å². The van der Waals surface area contributed by atoms with E-state index in [1.807, 2.05) is 26.4 Å². The van der Waals surface area contributed by atoms with E-state index in [0.717, 1.165) is 12.0 Å². The fraction of sp³-hybridized carbons (Fsp3) is 0.375. The highest BCUT2D eigenvalue weighted by Crippen LogP contribution is 2.48. The number of halogens is 1. The van der Waals surface area contributed by atoms with Crippen LogP contribution in [-0.4, -0.2) is 22.2 Å². The number of anilines is 1. The molecule has 0 aliphatic heterocycles. The Hall–Kier alpha value is -2.17. The van der Waals surface area contributed by atoms with E-state index in [1.54, 1.807) is 21.7 Å². The zero-order chi connectivity index (χ0) is 15.0. The van der Waals surface area contributed by atoms with Gasteiger partial charge in [-0.05, 0) is 43.0 Å². The molecule has 2 aromatic rings. The van der Waals surface area contributed by atoms with E-state index in [-0.39, 0.29) is 23.6 Å². The number of amides is 1. The number of carbonyl (C=O) groups is 1. The molecule has 1 aromatic carbocycles. The van der Waals surface area contributed by atoms with Gasteiger partial charge in [0.2, 0.25) is 5.91 Å². The van der Waals surface area contributed by atoms with Crippen LogP contribution in [0, 0.1) is 11.7 Å². The standard InChI is InChI=1S/C16H18FN3O/c1-3-20(13-6-4-5-12(17)7-13)16(21)15-8-14(15)11-9-18-19(2)10-11/h4-7,9-10,14-15H,3,8H2,1-2H3/t14-,15+/m0/s1. The molecule has 1 fully saturated rings. The zero-order valence-corrected chi connectivity index (χ0v) is 12.2. The Labute approximate surface area is 123 Å². The fourth-order valence-corrected chi connectivity index (χ4v) is 2.78. The predicted octanol–water partition coefficient (Wildman–Crippen LogP) is 2.72. The summed E-state index contributed by atoms with van der Waals surface area (Å²) in [6.45, 7) is 2.45. The summed E-state index contributed by atoms with van der Waals surface area (Å²) in [6.07, 6.45) is 4.61. The molecule has 0 saturated heterocycles. The van der Waals surface area contributed by atoms with Crippen LogP contribution in [-0.2, 0) is 11.8 Å². The lowest BCUT2D eigenvalue weighted by atomic mass is 10.1. The monoisotopic (exact) mass is 287 g/mol. The average molecular weight is 287 g/mol. The van der Waals surface area contributed by atoms with E-state index in [2.05, 4.69) is 5.10 Å². The number of benzene rings is 1. The first kappa shape index (κ1) is 13.8.